The van der Waals surface area contributed by atoms with Crippen molar-refractivity contribution in [1.82, 2.24) is 4.72 Å². The second kappa shape index (κ2) is 5.79. The van der Waals surface area contributed by atoms with Crippen LogP contribution in [0.5, 0.6) is 0 Å². The van der Waals surface area contributed by atoms with Crippen LogP contribution in [0.4, 0.5) is 0 Å². The molecule has 0 spiro atoms. The standard InChI is InChI=1S/C12H15Cl2NO4S/c1-8-12(16,4-5-19-8)7-15-20(17,18)9-2-3-10(13)11(14)6-9/h2-3,6,8,15-16H,4-5,7H2,1H3. The average Bonchev–Trinajstić information content (AvgIpc) is 2.71. The van der Waals surface area contributed by atoms with Gasteiger partial charge in [-0.25, -0.2) is 13.1 Å². The van der Waals surface area contributed by atoms with E-state index in [1.54, 1.807) is 6.92 Å². The van der Waals surface area contributed by atoms with Crippen molar-refractivity contribution in [2.45, 2.75) is 29.9 Å². The van der Waals surface area contributed by atoms with E-state index in [1.165, 1.54) is 18.2 Å². The third kappa shape index (κ3) is 3.27. The lowest BCUT2D eigenvalue weighted by Gasteiger charge is -2.26. The molecule has 8 heteroatoms. The summed E-state index contributed by atoms with van der Waals surface area (Å²) in [5, 5.41) is 10.7. The zero-order valence-corrected chi connectivity index (χ0v) is 13.1. The molecule has 0 aliphatic carbocycles. The molecular formula is C12H15Cl2NO4S. The normalized spacial score (nSPS) is 26.9. The number of rotatable bonds is 4. The predicted octanol–water partition coefficient (Wildman–Crippen LogP) is 1.81. The van der Waals surface area contributed by atoms with Crippen LogP contribution in [0.25, 0.3) is 0 Å². The minimum Gasteiger partial charge on any atom is -0.386 e. The summed E-state index contributed by atoms with van der Waals surface area (Å²) in [5.41, 5.74) is -1.19. The Labute approximate surface area is 127 Å². The third-order valence-corrected chi connectivity index (χ3v) is 5.57. The SMILES string of the molecule is CC1OCCC1(O)CNS(=O)(=O)c1ccc(Cl)c(Cl)c1. The Morgan fingerprint density at radius 3 is 2.70 bits per heavy atom. The molecule has 2 atom stereocenters. The lowest BCUT2D eigenvalue weighted by Crippen LogP contribution is -2.47. The van der Waals surface area contributed by atoms with Gasteiger partial charge in [-0.1, -0.05) is 23.2 Å². The summed E-state index contributed by atoms with van der Waals surface area (Å²) in [5.74, 6) is 0. The van der Waals surface area contributed by atoms with Gasteiger partial charge in [-0.15, -0.1) is 0 Å². The quantitative estimate of drug-likeness (QED) is 0.877. The summed E-state index contributed by atoms with van der Waals surface area (Å²) in [4.78, 5) is 0.00192. The van der Waals surface area contributed by atoms with Crippen LogP contribution in [-0.4, -0.2) is 38.4 Å². The van der Waals surface area contributed by atoms with Gasteiger partial charge in [0.2, 0.25) is 10.0 Å². The van der Waals surface area contributed by atoms with Crippen LogP contribution in [-0.2, 0) is 14.8 Å². The Kier molecular flexibility index (Phi) is 4.63. The van der Waals surface area contributed by atoms with Gasteiger partial charge in [0.15, 0.2) is 0 Å². The van der Waals surface area contributed by atoms with E-state index < -0.39 is 21.7 Å². The lowest BCUT2D eigenvalue weighted by atomic mass is 9.97. The maximum absolute atomic E-state index is 12.1. The van der Waals surface area contributed by atoms with Gasteiger partial charge < -0.3 is 9.84 Å². The van der Waals surface area contributed by atoms with E-state index in [4.69, 9.17) is 27.9 Å². The monoisotopic (exact) mass is 339 g/mol. The summed E-state index contributed by atoms with van der Waals surface area (Å²) in [6, 6.07) is 4.04. The largest absolute Gasteiger partial charge is 0.386 e. The fraction of sp³-hybridized carbons (Fsp3) is 0.500. The molecule has 1 aromatic carbocycles. The zero-order chi connectivity index (χ0) is 15.0. The number of nitrogens with one attached hydrogen (secondary N) is 1. The van der Waals surface area contributed by atoms with Crippen LogP contribution in [0, 0.1) is 0 Å². The Morgan fingerprint density at radius 1 is 1.45 bits per heavy atom. The highest BCUT2D eigenvalue weighted by atomic mass is 35.5. The first-order valence-electron chi connectivity index (χ1n) is 6.03. The molecular weight excluding hydrogens is 325 g/mol. The summed E-state index contributed by atoms with van der Waals surface area (Å²) >= 11 is 11.6. The predicted molar refractivity (Wildman–Crippen MR) is 76.6 cm³/mol. The fourth-order valence-electron chi connectivity index (χ4n) is 1.95. The zero-order valence-electron chi connectivity index (χ0n) is 10.8. The van der Waals surface area contributed by atoms with Crippen molar-refractivity contribution in [3.8, 4) is 0 Å². The van der Waals surface area contributed by atoms with Crippen molar-refractivity contribution in [3.63, 3.8) is 0 Å². The number of ether oxygens (including phenoxy) is 1. The van der Waals surface area contributed by atoms with Gasteiger partial charge in [-0.05, 0) is 25.1 Å². The average molecular weight is 340 g/mol. The van der Waals surface area contributed by atoms with Gasteiger partial charge in [0.25, 0.3) is 0 Å². The van der Waals surface area contributed by atoms with Crippen LogP contribution in [0.2, 0.25) is 10.0 Å². The molecule has 1 heterocycles. The van der Waals surface area contributed by atoms with Crippen molar-refractivity contribution in [1.29, 1.82) is 0 Å². The number of hydrogen-bond donors (Lipinski definition) is 2. The number of aliphatic hydroxyl groups is 1. The summed E-state index contributed by atoms with van der Waals surface area (Å²) in [7, 11) is -3.76. The van der Waals surface area contributed by atoms with E-state index in [0.29, 0.717) is 13.0 Å². The molecule has 1 fully saturated rings. The molecule has 0 radical (unpaired) electrons. The second-order valence-corrected chi connectivity index (χ2v) is 7.35. The molecule has 1 aliphatic heterocycles. The maximum Gasteiger partial charge on any atom is 0.240 e. The highest BCUT2D eigenvalue weighted by Gasteiger charge is 2.40. The molecule has 20 heavy (non-hydrogen) atoms. The maximum atomic E-state index is 12.1. The molecule has 1 saturated heterocycles. The molecule has 112 valence electrons. The van der Waals surface area contributed by atoms with Crippen LogP contribution in [0.1, 0.15) is 13.3 Å². The number of sulfonamides is 1. The topological polar surface area (TPSA) is 75.6 Å². The Balaban J connectivity index is 2.13. The Hall–Kier alpha value is -0.370. The smallest absolute Gasteiger partial charge is 0.240 e. The molecule has 2 unspecified atom stereocenters. The van der Waals surface area contributed by atoms with E-state index >= 15 is 0 Å². The van der Waals surface area contributed by atoms with Crippen molar-refractivity contribution < 1.29 is 18.3 Å². The molecule has 2 rings (SSSR count). The molecule has 0 aromatic heterocycles. The molecule has 1 aliphatic rings. The van der Waals surface area contributed by atoms with Crippen LogP contribution < -0.4 is 4.72 Å². The third-order valence-electron chi connectivity index (χ3n) is 3.43. The molecule has 0 saturated carbocycles. The molecule has 5 nitrogen and oxygen atoms in total. The van der Waals surface area contributed by atoms with E-state index in [2.05, 4.69) is 4.72 Å². The van der Waals surface area contributed by atoms with Crippen molar-refractivity contribution in [3.05, 3.63) is 28.2 Å². The molecule has 0 bridgehead atoms. The second-order valence-electron chi connectivity index (χ2n) is 4.77. The van der Waals surface area contributed by atoms with Gasteiger partial charge in [0.05, 0.1) is 21.0 Å². The number of halogens is 2. The lowest BCUT2D eigenvalue weighted by molar-refractivity contribution is -0.0228. The molecule has 1 aromatic rings. The van der Waals surface area contributed by atoms with Gasteiger partial charge in [-0.2, -0.15) is 0 Å². The van der Waals surface area contributed by atoms with Gasteiger partial charge in [0, 0.05) is 19.6 Å². The fourth-order valence-corrected chi connectivity index (χ4v) is 3.44. The summed E-state index contributed by atoms with van der Waals surface area (Å²) in [6.07, 6.45) is -0.0306. The van der Waals surface area contributed by atoms with E-state index in [-0.39, 0.29) is 21.5 Å². The minimum atomic E-state index is -3.76. The van der Waals surface area contributed by atoms with E-state index in [0.717, 1.165) is 0 Å². The van der Waals surface area contributed by atoms with Crippen LogP contribution >= 0.6 is 23.2 Å². The summed E-state index contributed by atoms with van der Waals surface area (Å²) < 4.78 is 31.9. The van der Waals surface area contributed by atoms with Gasteiger partial charge in [0.1, 0.15) is 5.60 Å². The highest BCUT2D eigenvalue weighted by Crippen LogP contribution is 2.27. The van der Waals surface area contributed by atoms with E-state index in [1.807, 2.05) is 0 Å². The van der Waals surface area contributed by atoms with E-state index in [9.17, 15) is 13.5 Å². The molecule has 0 amide bonds. The van der Waals surface area contributed by atoms with Gasteiger partial charge in [-0.3, -0.25) is 0 Å². The minimum absolute atomic E-state index is 0.00192. The highest BCUT2D eigenvalue weighted by molar-refractivity contribution is 7.89. The first-order valence-corrected chi connectivity index (χ1v) is 8.27. The Morgan fingerprint density at radius 2 is 2.15 bits per heavy atom. The van der Waals surface area contributed by atoms with Crippen molar-refractivity contribution in [2.75, 3.05) is 13.2 Å². The first kappa shape index (κ1) is 16.0. The van der Waals surface area contributed by atoms with Crippen LogP contribution in [0.3, 0.4) is 0 Å². The summed E-state index contributed by atoms with van der Waals surface area (Å²) in [6.45, 7) is 2.00. The first-order chi connectivity index (χ1) is 9.24. The molecule has 2 N–H and O–H groups in total. The van der Waals surface area contributed by atoms with Crippen molar-refractivity contribution in [2.24, 2.45) is 0 Å². The van der Waals surface area contributed by atoms with Crippen LogP contribution in [0.15, 0.2) is 23.1 Å². The number of benzene rings is 1. The number of hydrogen-bond acceptors (Lipinski definition) is 4. The Bertz CT molecular complexity index is 607. The van der Waals surface area contributed by atoms with Gasteiger partial charge >= 0.3 is 0 Å². The van der Waals surface area contributed by atoms with Crippen molar-refractivity contribution >= 4 is 33.2 Å².